The van der Waals surface area contributed by atoms with Crippen LogP contribution in [0.25, 0.3) is 0 Å². The van der Waals surface area contributed by atoms with Gasteiger partial charge in [-0.25, -0.2) is 0 Å². The van der Waals surface area contributed by atoms with E-state index in [1.807, 2.05) is 0 Å². The minimum atomic E-state index is 0.297. The Labute approximate surface area is 137 Å². The second kappa shape index (κ2) is 6.63. The zero-order chi connectivity index (χ0) is 15.6. The maximum Gasteiger partial charge on any atom is 0.232 e. The van der Waals surface area contributed by atoms with E-state index in [9.17, 15) is 4.79 Å². The highest BCUT2D eigenvalue weighted by Crippen LogP contribution is 2.37. The predicted octanol–water partition coefficient (Wildman–Crippen LogP) is 3.00. The normalized spacial score (nSPS) is 20.5. The van der Waals surface area contributed by atoms with E-state index in [0.717, 1.165) is 26.2 Å². The van der Waals surface area contributed by atoms with Crippen molar-refractivity contribution < 1.29 is 4.79 Å². The van der Waals surface area contributed by atoms with Crippen LogP contribution in [0.2, 0.25) is 0 Å². The molecule has 2 saturated heterocycles. The van der Waals surface area contributed by atoms with Gasteiger partial charge in [-0.15, -0.1) is 11.8 Å². The molecule has 0 atom stereocenters. The number of likely N-dealkylation sites (tertiary alicyclic amines) is 1. The summed E-state index contributed by atoms with van der Waals surface area (Å²) in [7, 11) is 0. The summed E-state index contributed by atoms with van der Waals surface area (Å²) >= 11 is 1.68. The molecular formula is C18H26N2OS. The van der Waals surface area contributed by atoms with Crippen LogP contribution in [0.3, 0.4) is 0 Å². The molecule has 2 aliphatic rings. The van der Waals surface area contributed by atoms with Crippen molar-refractivity contribution in [3.63, 3.8) is 0 Å². The minimum absolute atomic E-state index is 0.297. The molecule has 3 rings (SSSR count). The first-order valence-electron chi connectivity index (χ1n) is 8.27. The lowest BCUT2D eigenvalue weighted by molar-refractivity contribution is -0.130. The third-order valence-electron chi connectivity index (χ3n) is 5.19. The zero-order valence-corrected chi connectivity index (χ0v) is 14.5. The van der Waals surface area contributed by atoms with Gasteiger partial charge in [-0.3, -0.25) is 4.79 Å². The van der Waals surface area contributed by atoms with E-state index in [2.05, 4.69) is 42.3 Å². The van der Waals surface area contributed by atoms with Gasteiger partial charge >= 0.3 is 0 Å². The smallest absolute Gasteiger partial charge is 0.232 e. The molecule has 0 aliphatic carbocycles. The van der Waals surface area contributed by atoms with Crippen LogP contribution in [0.5, 0.6) is 0 Å². The lowest BCUT2D eigenvalue weighted by Gasteiger charge is -2.38. The van der Waals surface area contributed by atoms with E-state index in [1.165, 1.54) is 35.3 Å². The number of nitrogens with zero attached hydrogens (tertiary/aromatic N) is 1. The van der Waals surface area contributed by atoms with Gasteiger partial charge in [0.05, 0.1) is 5.75 Å². The Morgan fingerprint density at radius 3 is 2.68 bits per heavy atom. The zero-order valence-electron chi connectivity index (χ0n) is 13.7. The number of piperidine rings is 1. The summed E-state index contributed by atoms with van der Waals surface area (Å²) < 4.78 is 0. The summed E-state index contributed by atoms with van der Waals surface area (Å²) in [6.07, 6.45) is 3.62. The van der Waals surface area contributed by atoms with Gasteiger partial charge in [0.25, 0.3) is 0 Å². The summed E-state index contributed by atoms with van der Waals surface area (Å²) in [5.74, 6) is 0.862. The first kappa shape index (κ1) is 15.9. The average Bonchev–Trinajstić information content (AvgIpc) is 2.95. The average molecular weight is 318 g/mol. The Hall–Kier alpha value is -1.00. The van der Waals surface area contributed by atoms with Gasteiger partial charge in [0.15, 0.2) is 0 Å². The van der Waals surface area contributed by atoms with Gasteiger partial charge in [0.1, 0.15) is 0 Å². The Bertz CT molecular complexity index is 542. The van der Waals surface area contributed by atoms with E-state index < -0.39 is 0 Å². The van der Waals surface area contributed by atoms with Crippen molar-refractivity contribution in [2.24, 2.45) is 5.41 Å². The number of hydrogen-bond donors (Lipinski definition) is 1. The largest absolute Gasteiger partial charge is 0.342 e. The third kappa shape index (κ3) is 3.49. The quantitative estimate of drug-likeness (QED) is 0.870. The number of carbonyl (C=O) groups excluding carboxylic acids is 1. The summed E-state index contributed by atoms with van der Waals surface area (Å²) in [6, 6.07) is 6.44. The van der Waals surface area contributed by atoms with Crippen LogP contribution in [-0.4, -0.2) is 42.7 Å². The molecule has 4 heteroatoms. The molecule has 1 N–H and O–H groups in total. The molecule has 1 aromatic carbocycles. The van der Waals surface area contributed by atoms with Crippen LogP contribution < -0.4 is 5.32 Å². The molecular weight excluding hydrogens is 292 g/mol. The molecule has 1 spiro atoms. The number of thioether (sulfide) groups is 1. The van der Waals surface area contributed by atoms with Crippen molar-refractivity contribution in [3.8, 4) is 0 Å². The van der Waals surface area contributed by atoms with Crippen molar-refractivity contribution in [1.82, 2.24) is 10.2 Å². The molecule has 2 fully saturated rings. The first-order chi connectivity index (χ1) is 10.6. The van der Waals surface area contributed by atoms with Gasteiger partial charge in [-0.05, 0) is 56.7 Å². The highest BCUT2D eigenvalue weighted by Gasteiger charge is 2.37. The van der Waals surface area contributed by atoms with Crippen LogP contribution in [-0.2, 0) is 4.79 Å². The van der Waals surface area contributed by atoms with Crippen molar-refractivity contribution in [2.45, 2.75) is 38.0 Å². The predicted molar refractivity (Wildman–Crippen MR) is 92.4 cm³/mol. The van der Waals surface area contributed by atoms with E-state index in [4.69, 9.17) is 0 Å². The molecule has 0 radical (unpaired) electrons. The highest BCUT2D eigenvalue weighted by molar-refractivity contribution is 8.00. The van der Waals surface area contributed by atoms with E-state index in [1.54, 1.807) is 11.8 Å². The topological polar surface area (TPSA) is 32.3 Å². The van der Waals surface area contributed by atoms with Crippen LogP contribution in [0.4, 0.5) is 0 Å². The highest BCUT2D eigenvalue weighted by atomic mass is 32.2. The van der Waals surface area contributed by atoms with Gasteiger partial charge in [-0.1, -0.05) is 17.7 Å². The Kier molecular flexibility index (Phi) is 4.79. The number of amides is 1. The number of rotatable bonds is 3. The monoisotopic (exact) mass is 318 g/mol. The van der Waals surface area contributed by atoms with Crippen molar-refractivity contribution in [2.75, 3.05) is 31.9 Å². The summed E-state index contributed by atoms with van der Waals surface area (Å²) in [6.45, 7) is 8.40. The molecule has 2 heterocycles. The molecule has 2 aliphatic heterocycles. The maximum atomic E-state index is 12.4. The Morgan fingerprint density at radius 1 is 1.27 bits per heavy atom. The number of carbonyl (C=O) groups is 1. The number of benzene rings is 1. The Morgan fingerprint density at radius 2 is 2.05 bits per heavy atom. The van der Waals surface area contributed by atoms with E-state index >= 15 is 0 Å². The van der Waals surface area contributed by atoms with Crippen LogP contribution in [0.15, 0.2) is 23.1 Å². The van der Waals surface area contributed by atoms with E-state index in [0.29, 0.717) is 17.1 Å². The lowest BCUT2D eigenvalue weighted by atomic mass is 9.78. The molecule has 1 aromatic rings. The lowest BCUT2D eigenvalue weighted by Crippen LogP contribution is -2.44. The third-order valence-corrected chi connectivity index (χ3v) is 6.35. The van der Waals surface area contributed by atoms with Gasteiger partial charge in [-0.2, -0.15) is 0 Å². The minimum Gasteiger partial charge on any atom is -0.342 e. The Balaban J connectivity index is 1.50. The first-order valence-corrected chi connectivity index (χ1v) is 9.25. The molecule has 3 nitrogen and oxygen atoms in total. The fourth-order valence-corrected chi connectivity index (χ4v) is 4.56. The molecule has 1 amide bonds. The molecule has 22 heavy (non-hydrogen) atoms. The second-order valence-corrected chi connectivity index (χ2v) is 7.88. The fourth-order valence-electron chi connectivity index (χ4n) is 3.64. The second-order valence-electron chi connectivity index (χ2n) is 6.87. The van der Waals surface area contributed by atoms with Crippen molar-refractivity contribution >= 4 is 17.7 Å². The van der Waals surface area contributed by atoms with Crippen LogP contribution in [0.1, 0.15) is 30.4 Å². The van der Waals surface area contributed by atoms with Crippen molar-refractivity contribution in [3.05, 3.63) is 29.3 Å². The summed E-state index contributed by atoms with van der Waals surface area (Å²) in [4.78, 5) is 15.7. The van der Waals surface area contributed by atoms with E-state index in [-0.39, 0.29) is 0 Å². The number of hydrogen-bond acceptors (Lipinski definition) is 3. The van der Waals surface area contributed by atoms with Gasteiger partial charge < -0.3 is 10.2 Å². The van der Waals surface area contributed by atoms with Crippen molar-refractivity contribution in [1.29, 1.82) is 0 Å². The molecule has 0 aromatic heterocycles. The van der Waals surface area contributed by atoms with Crippen LogP contribution in [0, 0.1) is 19.3 Å². The summed E-state index contributed by atoms with van der Waals surface area (Å²) in [5.41, 5.74) is 3.03. The SMILES string of the molecule is Cc1ccc(SCC(=O)N2CCC3(CCNC3)CC2)c(C)c1. The maximum absolute atomic E-state index is 12.4. The molecule has 0 saturated carbocycles. The number of aryl methyl sites for hydroxylation is 2. The number of nitrogens with one attached hydrogen (secondary N) is 1. The van der Waals surface area contributed by atoms with Crippen LogP contribution >= 0.6 is 11.8 Å². The van der Waals surface area contributed by atoms with Gasteiger partial charge in [0, 0.05) is 24.5 Å². The van der Waals surface area contributed by atoms with Gasteiger partial charge in [0.2, 0.25) is 5.91 Å². The molecule has 0 bridgehead atoms. The summed E-state index contributed by atoms with van der Waals surface area (Å²) in [5, 5.41) is 3.48. The standard InChI is InChI=1S/C18H26N2OS/c1-14-3-4-16(15(2)11-14)22-12-17(21)20-9-6-18(7-10-20)5-8-19-13-18/h3-4,11,19H,5-10,12-13H2,1-2H3. The molecule has 120 valence electrons. The fraction of sp³-hybridized carbons (Fsp3) is 0.611. The molecule has 0 unspecified atom stereocenters.